The molecule has 2 unspecified atom stereocenters. The largest absolute Gasteiger partial charge is 0.368 e. The van der Waals surface area contributed by atoms with Gasteiger partial charge in [-0.15, -0.1) is 0 Å². The molecule has 1 aliphatic rings. The number of anilines is 1. The topological polar surface area (TPSA) is 29.3 Å². The zero-order chi connectivity index (χ0) is 13.8. The van der Waals surface area contributed by atoms with Crippen molar-refractivity contribution in [2.45, 2.75) is 58.0 Å². The van der Waals surface area contributed by atoms with Crippen LogP contribution in [0.1, 0.15) is 45.1 Å². The number of nitrogens with zero attached hydrogens (tertiary/aromatic N) is 1. The van der Waals surface area contributed by atoms with Crippen LogP contribution in [0.3, 0.4) is 0 Å². The van der Waals surface area contributed by atoms with Crippen molar-refractivity contribution in [2.75, 3.05) is 11.4 Å². The Balaban J connectivity index is 2.28. The van der Waals surface area contributed by atoms with Gasteiger partial charge >= 0.3 is 0 Å². The number of halogens is 1. The van der Waals surface area contributed by atoms with E-state index in [2.05, 4.69) is 30.9 Å². The second kappa shape index (κ2) is 6.62. The summed E-state index contributed by atoms with van der Waals surface area (Å²) in [4.78, 5) is 2.53. The van der Waals surface area contributed by atoms with Gasteiger partial charge in [0, 0.05) is 29.3 Å². The molecule has 2 rings (SSSR count). The first kappa shape index (κ1) is 14.7. The van der Waals surface area contributed by atoms with Gasteiger partial charge in [-0.2, -0.15) is 0 Å². The lowest BCUT2D eigenvalue weighted by Gasteiger charge is -2.29. The molecule has 106 valence electrons. The number of hydrogen-bond acceptors (Lipinski definition) is 2. The van der Waals surface area contributed by atoms with Crippen molar-refractivity contribution >= 4 is 17.3 Å². The van der Waals surface area contributed by atoms with Crippen molar-refractivity contribution in [1.29, 1.82) is 0 Å². The summed E-state index contributed by atoms with van der Waals surface area (Å²) in [6.07, 6.45) is 5.73. The molecule has 0 aliphatic carbocycles. The van der Waals surface area contributed by atoms with Gasteiger partial charge < -0.3 is 10.6 Å². The lowest BCUT2D eigenvalue weighted by Crippen LogP contribution is -2.30. The summed E-state index contributed by atoms with van der Waals surface area (Å²) in [5.41, 5.74) is 8.78. The Labute approximate surface area is 121 Å². The summed E-state index contributed by atoms with van der Waals surface area (Å²) in [6, 6.07) is 7.16. The predicted molar refractivity (Wildman–Crippen MR) is 84.1 cm³/mol. The van der Waals surface area contributed by atoms with Crippen LogP contribution in [-0.2, 0) is 6.42 Å². The summed E-state index contributed by atoms with van der Waals surface area (Å²) >= 11 is 6.20. The average Bonchev–Trinajstić information content (AvgIpc) is 2.88. The van der Waals surface area contributed by atoms with Gasteiger partial charge in [0.2, 0.25) is 0 Å². The van der Waals surface area contributed by atoms with Crippen molar-refractivity contribution in [3.63, 3.8) is 0 Å². The van der Waals surface area contributed by atoms with E-state index in [0.29, 0.717) is 6.04 Å². The molecular weight excluding hydrogens is 256 g/mol. The maximum absolute atomic E-state index is 6.20. The Kier molecular flexibility index (Phi) is 5.12. The van der Waals surface area contributed by atoms with Crippen molar-refractivity contribution < 1.29 is 0 Å². The van der Waals surface area contributed by atoms with Gasteiger partial charge in [-0.25, -0.2) is 0 Å². The summed E-state index contributed by atoms with van der Waals surface area (Å²) in [5, 5.41) is 0.825. The third kappa shape index (κ3) is 3.43. The van der Waals surface area contributed by atoms with Gasteiger partial charge in [0.25, 0.3) is 0 Å². The van der Waals surface area contributed by atoms with Crippen molar-refractivity contribution in [3.05, 3.63) is 28.8 Å². The Morgan fingerprint density at radius 3 is 2.89 bits per heavy atom. The number of rotatable bonds is 5. The molecule has 2 atom stereocenters. The molecule has 1 heterocycles. The van der Waals surface area contributed by atoms with E-state index >= 15 is 0 Å². The molecule has 19 heavy (non-hydrogen) atoms. The fourth-order valence-corrected chi connectivity index (χ4v) is 3.15. The molecule has 2 N–H and O–H groups in total. The van der Waals surface area contributed by atoms with Crippen LogP contribution in [-0.4, -0.2) is 18.6 Å². The molecule has 0 bridgehead atoms. The third-order valence-electron chi connectivity index (χ3n) is 4.21. The molecule has 0 saturated carbocycles. The second-order valence-corrected chi connectivity index (χ2v) is 5.98. The van der Waals surface area contributed by atoms with Crippen LogP contribution in [0.4, 0.5) is 5.69 Å². The van der Waals surface area contributed by atoms with Crippen LogP contribution >= 0.6 is 11.6 Å². The minimum absolute atomic E-state index is 0.239. The molecule has 1 fully saturated rings. The predicted octanol–water partition coefficient (Wildman–Crippen LogP) is 4.00. The van der Waals surface area contributed by atoms with Gasteiger partial charge in [-0.1, -0.05) is 31.5 Å². The summed E-state index contributed by atoms with van der Waals surface area (Å²) in [7, 11) is 0. The Morgan fingerprint density at radius 1 is 1.42 bits per heavy atom. The Bertz CT molecular complexity index is 419. The SMILES string of the molecule is CCC(N)Cc1ccc(Cl)cc1N1CCCC1CC. The van der Waals surface area contributed by atoms with Crippen LogP contribution in [0, 0.1) is 0 Å². The van der Waals surface area contributed by atoms with Gasteiger partial charge in [0.15, 0.2) is 0 Å². The molecule has 1 aromatic carbocycles. The summed E-state index contributed by atoms with van der Waals surface area (Å²) < 4.78 is 0. The number of benzene rings is 1. The minimum Gasteiger partial charge on any atom is -0.368 e. The summed E-state index contributed by atoms with van der Waals surface area (Å²) in [6.45, 7) is 5.56. The van der Waals surface area contributed by atoms with E-state index in [-0.39, 0.29) is 6.04 Å². The number of hydrogen-bond donors (Lipinski definition) is 1. The van der Waals surface area contributed by atoms with Crippen LogP contribution in [0.25, 0.3) is 0 Å². The van der Waals surface area contributed by atoms with Gasteiger partial charge in [0.05, 0.1) is 0 Å². The molecule has 0 aromatic heterocycles. The van der Waals surface area contributed by atoms with E-state index in [1.807, 2.05) is 6.07 Å². The molecule has 1 aromatic rings. The Hall–Kier alpha value is -0.730. The molecule has 0 amide bonds. The van der Waals surface area contributed by atoms with E-state index in [4.69, 9.17) is 17.3 Å². The fraction of sp³-hybridized carbons (Fsp3) is 0.625. The standard InChI is InChI=1S/C16H25ClN2/c1-3-14(18)10-12-7-8-13(17)11-16(12)19-9-5-6-15(19)4-2/h7-8,11,14-15H,3-6,9-10,18H2,1-2H3. The molecule has 1 aliphatic heterocycles. The van der Waals surface area contributed by atoms with Crippen molar-refractivity contribution in [3.8, 4) is 0 Å². The smallest absolute Gasteiger partial charge is 0.0426 e. The first-order valence-electron chi connectivity index (χ1n) is 7.46. The molecule has 3 heteroatoms. The van der Waals surface area contributed by atoms with Crippen LogP contribution in [0.2, 0.25) is 5.02 Å². The minimum atomic E-state index is 0.239. The normalized spacial score (nSPS) is 20.8. The molecule has 2 nitrogen and oxygen atoms in total. The van der Waals surface area contributed by atoms with Crippen LogP contribution < -0.4 is 10.6 Å². The van der Waals surface area contributed by atoms with E-state index in [1.54, 1.807) is 0 Å². The van der Waals surface area contributed by atoms with Crippen LogP contribution in [0.5, 0.6) is 0 Å². The maximum atomic E-state index is 6.20. The van der Waals surface area contributed by atoms with Gasteiger partial charge in [-0.3, -0.25) is 0 Å². The fourth-order valence-electron chi connectivity index (χ4n) is 2.98. The van der Waals surface area contributed by atoms with Crippen molar-refractivity contribution in [1.82, 2.24) is 0 Å². The quantitative estimate of drug-likeness (QED) is 0.883. The second-order valence-electron chi connectivity index (χ2n) is 5.54. The maximum Gasteiger partial charge on any atom is 0.0426 e. The van der Waals surface area contributed by atoms with Gasteiger partial charge in [-0.05, 0) is 49.8 Å². The lowest BCUT2D eigenvalue weighted by atomic mass is 10.0. The average molecular weight is 281 g/mol. The highest BCUT2D eigenvalue weighted by Gasteiger charge is 2.25. The van der Waals surface area contributed by atoms with E-state index < -0.39 is 0 Å². The van der Waals surface area contributed by atoms with Crippen LogP contribution in [0.15, 0.2) is 18.2 Å². The number of nitrogens with two attached hydrogens (primary N) is 1. The zero-order valence-electron chi connectivity index (χ0n) is 12.0. The molecule has 0 radical (unpaired) electrons. The summed E-state index contributed by atoms with van der Waals surface area (Å²) in [5.74, 6) is 0. The van der Waals surface area contributed by atoms with Gasteiger partial charge in [0.1, 0.15) is 0 Å². The first-order chi connectivity index (χ1) is 9.15. The highest BCUT2D eigenvalue weighted by atomic mass is 35.5. The highest BCUT2D eigenvalue weighted by molar-refractivity contribution is 6.30. The molecule has 0 spiro atoms. The van der Waals surface area contributed by atoms with E-state index in [0.717, 1.165) is 24.4 Å². The van der Waals surface area contributed by atoms with Crippen molar-refractivity contribution in [2.24, 2.45) is 5.73 Å². The van der Waals surface area contributed by atoms with E-state index in [1.165, 1.54) is 30.5 Å². The third-order valence-corrected chi connectivity index (χ3v) is 4.45. The Morgan fingerprint density at radius 2 is 2.21 bits per heavy atom. The molecular formula is C16H25ClN2. The monoisotopic (exact) mass is 280 g/mol. The zero-order valence-corrected chi connectivity index (χ0v) is 12.8. The molecule has 1 saturated heterocycles. The van der Waals surface area contributed by atoms with E-state index in [9.17, 15) is 0 Å². The highest BCUT2D eigenvalue weighted by Crippen LogP contribution is 2.32. The first-order valence-corrected chi connectivity index (χ1v) is 7.84. The lowest BCUT2D eigenvalue weighted by molar-refractivity contribution is 0.628.